The zero-order valence-electron chi connectivity index (χ0n) is 10.0. The van der Waals surface area contributed by atoms with Crippen LogP contribution < -0.4 is 4.74 Å². The number of methoxy groups -OCH3 is 1. The zero-order chi connectivity index (χ0) is 11.4. The van der Waals surface area contributed by atoms with Gasteiger partial charge in [0.2, 0.25) is 5.88 Å². The summed E-state index contributed by atoms with van der Waals surface area (Å²) >= 11 is 0. The van der Waals surface area contributed by atoms with Crippen LogP contribution in [0.25, 0.3) is 10.9 Å². The van der Waals surface area contributed by atoms with Crippen molar-refractivity contribution in [3.8, 4) is 5.88 Å². The topological polar surface area (TPSA) is 27.1 Å². The summed E-state index contributed by atoms with van der Waals surface area (Å²) in [6.45, 7) is 6.06. The zero-order valence-corrected chi connectivity index (χ0v) is 10.0. The highest BCUT2D eigenvalue weighted by Gasteiger charge is 2.07. The fourth-order valence-electron chi connectivity index (χ4n) is 1.50. The molecule has 0 bridgehead atoms. The van der Waals surface area contributed by atoms with Gasteiger partial charge < -0.3 is 4.74 Å². The maximum absolute atomic E-state index is 5.17. The van der Waals surface area contributed by atoms with Crippen LogP contribution in [-0.4, -0.2) is 16.9 Å². The lowest BCUT2D eigenvalue weighted by Crippen LogP contribution is -1.90. The van der Waals surface area contributed by atoms with Crippen LogP contribution in [0.15, 0.2) is 18.2 Å². The minimum atomic E-state index is 0.696. The van der Waals surface area contributed by atoms with Gasteiger partial charge in [-0.25, -0.2) is 0 Å². The Labute approximate surface area is 90.7 Å². The second-order valence-corrected chi connectivity index (χ2v) is 3.15. The molecule has 0 spiro atoms. The van der Waals surface area contributed by atoms with E-state index >= 15 is 0 Å². The van der Waals surface area contributed by atoms with Crippen LogP contribution in [-0.2, 0) is 7.05 Å². The molecule has 1 aromatic carbocycles. The van der Waals surface area contributed by atoms with Gasteiger partial charge in [-0.15, -0.1) is 5.10 Å². The van der Waals surface area contributed by atoms with Crippen molar-refractivity contribution in [2.75, 3.05) is 7.11 Å². The summed E-state index contributed by atoms with van der Waals surface area (Å²) in [4.78, 5) is 0. The van der Waals surface area contributed by atoms with Crippen LogP contribution in [0.4, 0.5) is 0 Å². The van der Waals surface area contributed by atoms with Crippen LogP contribution in [0.2, 0.25) is 0 Å². The van der Waals surface area contributed by atoms with Gasteiger partial charge in [0, 0.05) is 7.05 Å². The first-order chi connectivity index (χ1) is 7.22. The van der Waals surface area contributed by atoms with Crippen LogP contribution >= 0.6 is 0 Å². The van der Waals surface area contributed by atoms with Crippen molar-refractivity contribution < 1.29 is 4.74 Å². The molecule has 2 aromatic rings. The second-order valence-electron chi connectivity index (χ2n) is 3.15. The third-order valence-corrected chi connectivity index (χ3v) is 2.17. The van der Waals surface area contributed by atoms with E-state index in [1.54, 1.807) is 7.11 Å². The van der Waals surface area contributed by atoms with Gasteiger partial charge in [0.05, 0.1) is 18.0 Å². The van der Waals surface area contributed by atoms with Crippen LogP contribution in [0.3, 0.4) is 0 Å². The van der Waals surface area contributed by atoms with E-state index in [0.29, 0.717) is 5.88 Å². The average Bonchev–Trinajstić information content (AvgIpc) is 2.58. The number of ether oxygens (including phenoxy) is 1. The molecule has 0 saturated carbocycles. The van der Waals surface area contributed by atoms with E-state index in [1.807, 2.05) is 25.6 Å². The van der Waals surface area contributed by atoms with Gasteiger partial charge in [-0.1, -0.05) is 25.5 Å². The SMILES string of the molecule is CC.COc1nn(C)c2ccc(C)cc12. The molecule has 15 heavy (non-hydrogen) atoms. The summed E-state index contributed by atoms with van der Waals surface area (Å²) in [6, 6.07) is 6.21. The highest BCUT2D eigenvalue weighted by Crippen LogP contribution is 2.24. The first kappa shape index (κ1) is 11.6. The van der Waals surface area contributed by atoms with Gasteiger partial charge in [-0.05, 0) is 19.1 Å². The van der Waals surface area contributed by atoms with Crippen molar-refractivity contribution >= 4 is 10.9 Å². The van der Waals surface area contributed by atoms with Crippen molar-refractivity contribution in [1.29, 1.82) is 0 Å². The molecule has 0 fully saturated rings. The molecule has 0 unspecified atom stereocenters. The Bertz CT molecular complexity index is 446. The largest absolute Gasteiger partial charge is 0.479 e. The third kappa shape index (κ3) is 2.12. The lowest BCUT2D eigenvalue weighted by Gasteiger charge is -1.95. The molecule has 2 rings (SSSR count). The number of hydrogen-bond donors (Lipinski definition) is 0. The Morgan fingerprint density at radius 2 is 1.93 bits per heavy atom. The number of fused-ring (bicyclic) bond motifs is 1. The molecular weight excluding hydrogens is 188 g/mol. The van der Waals surface area contributed by atoms with Gasteiger partial charge in [0.1, 0.15) is 0 Å². The van der Waals surface area contributed by atoms with Gasteiger partial charge in [-0.2, -0.15) is 0 Å². The molecular formula is C12H18N2O. The van der Waals surface area contributed by atoms with E-state index in [-0.39, 0.29) is 0 Å². The molecule has 0 aliphatic carbocycles. The van der Waals surface area contributed by atoms with Crippen LogP contribution in [0.1, 0.15) is 19.4 Å². The molecule has 3 heteroatoms. The Hall–Kier alpha value is -1.51. The summed E-state index contributed by atoms with van der Waals surface area (Å²) < 4.78 is 7.00. The number of aromatic nitrogens is 2. The molecule has 82 valence electrons. The van der Waals surface area contributed by atoms with Crippen molar-refractivity contribution in [1.82, 2.24) is 9.78 Å². The number of nitrogens with zero attached hydrogens (tertiary/aromatic N) is 2. The molecule has 0 radical (unpaired) electrons. The lowest BCUT2D eigenvalue weighted by molar-refractivity contribution is 0.396. The molecule has 0 aliphatic rings. The minimum Gasteiger partial charge on any atom is -0.479 e. The number of aryl methyl sites for hydroxylation is 2. The van der Waals surface area contributed by atoms with Gasteiger partial charge in [-0.3, -0.25) is 4.68 Å². The Morgan fingerprint density at radius 3 is 2.53 bits per heavy atom. The van der Waals surface area contributed by atoms with Gasteiger partial charge in [0.25, 0.3) is 0 Å². The van der Waals surface area contributed by atoms with Gasteiger partial charge >= 0.3 is 0 Å². The van der Waals surface area contributed by atoms with E-state index in [0.717, 1.165) is 10.9 Å². The number of benzene rings is 1. The molecule has 0 aliphatic heterocycles. The van der Waals surface area contributed by atoms with E-state index in [2.05, 4.69) is 30.2 Å². The third-order valence-electron chi connectivity index (χ3n) is 2.17. The molecule has 0 amide bonds. The monoisotopic (exact) mass is 206 g/mol. The summed E-state index contributed by atoms with van der Waals surface area (Å²) in [6.07, 6.45) is 0. The highest BCUT2D eigenvalue weighted by atomic mass is 16.5. The van der Waals surface area contributed by atoms with Crippen molar-refractivity contribution in [2.45, 2.75) is 20.8 Å². The van der Waals surface area contributed by atoms with Crippen molar-refractivity contribution in [3.63, 3.8) is 0 Å². The fourth-order valence-corrected chi connectivity index (χ4v) is 1.50. The standard InChI is InChI=1S/C10H12N2O.C2H6/c1-7-4-5-9-8(6-7)10(13-3)11-12(9)2;1-2/h4-6H,1-3H3;1-2H3. The smallest absolute Gasteiger partial charge is 0.240 e. The maximum Gasteiger partial charge on any atom is 0.240 e. The predicted molar refractivity (Wildman–Crippen MR) is 63.4 cm³/mol. The quantitative estimate of drug-likeness (QED) is 0.717. The first-order valence-electron chi connectivity index (χ1n) is 5.19. The van der Waals surface area contributed by atoms with Crippen LogP contribution in [0.5, 0.6) is 5.88 Å². The summed E-state index contributed by atoms with van der Waals surface area (Å²) in [7, 11) is 3.56. The Morgan fingerprint density at radius 1 is 1.27 bits per heavy atom. The molecule has 0 saturated heterocycles. The molecule has 1 aromatic heterocycles. The van der Waals surface area contributed by atoms with E-state index < -0.39 is 0 Å². The van der Waals surface area contributed by atoms with Crippen molar-refractivity contribution in [3.05, 3.63) is 23.8 Å². The minimum absolute atomic E-state index is 0.696. The van der Waals surface area contributed by atoms with E-state index in [4.69, 9.17) is 4.74 Å². The van der Waals surface area contributed by atoms with E-state index in [1.165, 1.54) is 5.56 Å². The fraction of sp³-hybridized carbons (Fsp3) is 0.417. The summed E-state index contributed by atoms with van der Waals surface area (Å²) in [5.41, 5.74) is 2.32. The van der Waals surface area contributed by atoms with Crippen molar-refractivity contribution in [2.24, 2.45) is 7.05 Å². The Balaban J connectivity index is 0.000000531. The number of rotatable bonds is 1. The Kier molecular flexibility index (Phi) is 3.72. The molecule has 0 N–H and O–H groups in total. The summed E-state index contributed by atoms with van der Waals surface area (Å²) in [5.74, 6) is 0.696. The first-order valence-corrected chi connectivity index (χ1v) is 5.19. The second kappa shape index (κ2) is 4.82. The van der Waals surface area contributed by atoms with Gasteiger partial charge in [0.15, 0.2) is 0 Å². The van der Waals surface area contributed by atoms with Crippen LogP contribution in [0, 0.1) is 6.92 Å². The van der Waals surface area contributed by atoms with E-state index in [9.17, 15) is 0 Å². The molecule has 3 nitrogen and oxygen atoms in total. The lowest BCUT2D eigenvalue weighted by atomic mass is 10.2. The maximum atomic E-state index is 5.17. The molecule has 1 heterocycles. The number of hydrogen-bond acceptors (Lipinski definition) is 2. The summed E-state index contributed by atoms with van der Waals surface area (Å²) in [5, 5.41) is 5.32. The average molecular weight is 206 g/mol. The highest BCUT2D eigenvalue weighted by molar-refractivity contribution is 5.85. The predicted octanol–water partition coefficient (Wildman–Crippen LogP) is 2.92. The normalized spacial score (nSPS) is 9.67. The molecule has 0 atom stereocenters.